The number of fused-ring (bicyclic) bond motifs is 1. The van der Waals surface area contributed by atoms with Gasteiger partial charge in [-0.05, 0) is 31.4 Å². The first-order chi connectivity index (χ1) is 10.0. The largest absolute Gasteiger partial charge is 0.481 e. The number of aliphatic carboxylic acids is 1. The topological polar surface area (TPSA) is 69.6 Å². The van der Waals surface area contributed by atoms with Gasteiger partial charge in [0.1, 0.15) is 0 Å². The monoisotopic (exact) mass is 290 g/mol. The van der Waals surface area contributed by atoms with Gasteiger partial charge in [0.2, 0.25) is 5.91 Å². The second-order valence-electron chi connectivity index (χ2n) is 5.56. The summed E-state index contributed by atoms with van der Waals surface area (Å²) in [6.45, 7) is 4.55. The molecule has 114 valence electrons. The molecule has 1 aliphatic heterocycles. The number of nitrogens with one attached hydrogen (secondary N) is 1. The molecule has 2 N–H and O–H groups in total. The number of para-hydroxylation sites is 1. The van der Waals surface area contributed by atoms with Crippen molar-refractivity contribution in [2.75, 3.05) is 18.0 Å². The fourth-order valence-electron chi connectivity index (χ4n) is 2.50. The van der Waals surface area contributed by atoms with Gasteiger partial charge in [-0.2, -0.15) is 0 Å². The summed E-state index contributed by atoms with van der Waals surface area (Å²) >= 11 is 0. The molecule has 0 bridgehead atoms. The van der Waals surface area contributed by atoms with Gasteiger partial charge in [-0.1, -0.05) is 25.1 Å². The molecular formula is C16H22N2O3. The molecule has 0 saturated heterocycles. The smallest absolute Gasteiger partial charge is 0.308 e. The van der Waals surface area contributed by atoms with Gasteiger partial charge in [0.15, 0.2) is 0 Å². The third kappa shape index (κ3) is 3.61. The Morgan fingerprint density at radius 3 is 2.81 bits per heavy atom. The van der Waals surface area contributed by atoms with Crippen molar-refractivity contribution in [1.82, 2.24) is 5.32 Å². The molecule has 2 rings (SSSR count). The predicted molar refractivity (Wildman–Crippen MR) is 81.4 cm³/mol. The average Bonchev–Trinajstić information content (AvgIpc) is 2.50. The fraction of sp³-hybridized carbons (Fsp3) is 0.500. The van der Waals surface area contributed by atoms with Gasteiger partial charge in [0.05, 0.1) is 12.5 Å². The molecule has 5 nitrogen and oxygen atoms in total. The Balaban J connectivity index is 2.17. The molecule has 21 heavy (non-hydrogen) atoms. The highest BCUT2D eigenvalue weighted by Crippen LogP contribution is 2.29. The van der Waals surface area contributed by atoms with Crippen molar-refractivity contribution < 1.29 is 14.7 Å². The number of hydrogen-bond acceptors (Lipinski definition) is 3. The van der Waals surface area contributed by atoms with Gasteiger partial charge in [0.25, 0.3) is 0 Å². The first kappa shape index (κ1) is 15.5. The molecule has 2 unspecified atom stereocenters. The van der Waals surface area contributed by atoms with Crippen LogP contribution in [0.15, 0.2) is 24.3 Å². The molecule has 5 heteroatoms. The van der Waals surface area contributed by atoms with Crippen molar-refractivity contribution in [1.29, 1.82) is 0 Å². The summed E-state index contributed by atoms with van der Waals surface area (Å²) in [5.74, 6) is -1.46. The van der Waals surface area contributed by atoms with E-state index in [1.165, 1.54) is 0 Å². The van der Waals surface area contributed by atoms with Crippen LogP contribution in [0.3, 0.4) is 0 Å². The SMILES string of the molecule is CCC(C)NCC(=O)N1CC(C(=O)O)Cc2ccccc21. The van der Waals surface area contributed by atoms with Crippen molar-refractivity contribution in [3.63, 3.8) is 0 Å². The molecule has 1 heterocycles. The van der Waals surface area contributed by atoms with Gasteiger partial charge < -0.3 is 15.3 Å². The third-order valence-corrected chi connectivity index (χ3v) is 4.02. The Kier molecular flexibility index (Phi) is 4.96. The van der Waals surface area contributed by atoms with Crippen molar-refractivity contribution in [3.8, 4) is 0 Å². The van der Waals surface area contributed by atoms with Crippen LogP contribution in [-0.4, -0.2) is 36.1 Å². The van der Waals surface area contributed by atoms with Crippen molar-refractivity contribution in [2.24, 2.45) is 5.92 Å². The maximum atomic E-state index is 12.4. The average molecular weight is 290 g/mol. The first-order valence-electron chi connectivity index (χ1n) is 7.37. The number of nitrogens with zero attached hydrogens (tertiary/aromatic N) is 1. The van der Waals surface area contributed by atoms with Gasteiger partial charge in [-0.15, -0.1) is 0 Å². The molecule has 1 aromatic rings. The number of anilines is 1. The van der Waals surface area contributed by atoms with E-state index in [9.17, 15) is 14.7 Å². The second kappa shape index (κ2) is 6.72. The number of amides is 1. The van der Waals surface area contributed by atoms with E-state index in [0.717, 1.165) is 17.7 Å². The molecular weight excluding hydrogens is 268 g/mol. The summed E-state index contributed by atoms with van der Waals surface area (Å²) in [6, 6.07) is 7.80. The standard InChI is InChI=1S/C16H22N2O3/c1-3-11(2)17-9-15(19)18-10-13(16(20)21)8-12-6-4-5-7-14(12)18/h4-7,11,13,17H,3,8-10H2,1-2H3,(H,20,21). The lowest BCUT2D eigenvalue weighted by atomic mass is 9.92. The van der Waals surface area contributed by atoms with E-state index in [-0.39, 0.29) is 25.0 Å². The van der Waals surface area contributed by atoms with Crippen LogP contribution in [0.5, 0.6) is 0 Å². The van der Waals surface area contributed by atoms with Crippen LogP contribution < -0.4 is 10.2 Å². The minimum absolute atomic E-state index is 0.0753. The number of carbonyl (C=O) groups is 2. The van der Waals surface area contributed by atoms with Gasteiger partial charge in [-0.3, -0.25) is 9.59 Å². The zero-order valence-electron chi connectivity index (χ0n) is 12.5. The van der Waals surface area contributed by atoms with Gasteiger partial charge in [0, 0.05) is 18.3 Å². The summed E-state index contributed by atoms with van der Waals surface area (Å²) in [7, 11) is 0. The minimum atomic E-state index is -0.850. The number of carboxylic acids is 1. The van der Waals surface area contributed by atoms with Crippen molar-refractivity contribution in [3.05, 3.63) is 29.8 Å². The fourth-order valence-corrected chi connectivity index (χ4v) is 2.50. The van der Waals surface area contributed by atoms with E-state index in [4.69, 9.17) is 0 Å². The molecule has 1 aromatic carbocycles. The van der Waals surface area contributed by atoms with E-state index in [1.807, 2.05) is 31.2 Å². The molecule has 1 amide bonds. The first-order valence-corrected chi connectivity index (χ1v) is 7.37. The van der Waals surface area contributed by atoms with Crippen LogP contribution in [-0.2, 0) is 16.0 Å². The normalized spacial score (nSPS) is 19.0. The van der Waals surface area contributed by atoms with E-state index >= 15 is 0 Å². The summed E-state index contributed by atoms with van der Waals surface area (Å²) in [4.78, 5) is 25.3. The molecule has 0 aliphatic carbocycles. The van der Waals surface area contributed by atoms with Crippen LogP contribution in [0.1, 0.15) is 25.8 Å². The van der Waals surface area contributed by atoms with Gasteiger partial charge in [-0.25, -0.2) is 0 Å². The van der Waals surface area contributed by atoms with Crippen LogP contribution in [0.25, 0.3) is 0 Å². The summed E-state index contributed by atoms with van der Waals surface area (Å²) in [5, 5.41) is 12.4. The van der Waals surface area contributed by atoms with Gasteiger partial charge >= 0.3 is 5.97 Å². The Hall–Kier alpha value is -1.88. The number of benzene rings is 1. The Bertz CT molecular complexity index is 530. The second-order valence-corrected chi connectivity index (χ2v) is 5.56. The third-order valence-electron chi connectivity index (χ3n) is 4.02. The lowest BCUT2D eigenvalue weighted by Gasteiger charge is -2.33. The van der Waals surface area contributed by atoms with Crippen LogP contribution in [0.2, 0.25) is 0 Å². The highest BCUT2D eigenvalue weighted by molar-refractivity contribution is 5.97. The maximum Gasteiger partial charge on any atom is 0.308 e. The molecule has 0 radical (unpaired) electrons. The lowest BCUT2D eigenvalue weighted by Crippen LogP contribution is -2.47. The number of carbonyl (C=O) groups excluding carboxylic acids is 1. The summed E-state index contributed by atoms with van der Waals surface area (Å²) in [5.41, 5.74) is 1.76. The Morgan fingerprint density at radius 2 is 2.14 bits per heavy atom. The summed E-state index contributed by atoms with van der Waals surface area (Å²) < 4.78 is 0. The molecule has 0 saturated carbocycles. The van der Waals surface area contributed by atoms with Crippen LogP contribution in [0.4, 0.5) is 5.69 Å². The summed E-state index contributed by atoms with van der Waals surface area (Å²) in [6.07, 6.45) is 1.43. The Labute approximate surface area is 125 Å². The van der Waals surface area contributed by atoms with E-state index < -0.39 is 11.9 Å². The van der Waals surface area contributed by atoms with E-state index in [1.54, 1.807) is 4.90 Å². The molecule has 0 spiro atoms. The highest BCUT2D eigenvalue weighted by atomic mass is 16.4. The van der Waals surface area contributed by atoms with Crippen LogP contribution in [0, 0.1) is 5.92 Å². The molecule has 0 fully saturated rings. The maximum absolute atomic E-state index is 12.4. The highest BCUT2D eigenvalue weighted by Gasteiger charge is 2.31. The lowest BCUT2D eigenvalue weighted by molar-refractivity contribution is -0.141. The van der Waals surface area contributed by atoms with E-state index in [0.29, 0.717) is 6.42 Å². The quantitative estimate of drug-likeness (QED) is 0.865. The molecule has 2 atom stereocenters. The van der Waals surface area contributed by atoms with E-state index in [2.05, 4.69) is 12.2 Å². The minimum Gasteiger partial charge on any atom is -0.481 e. The van der Waals surface area contributed by atoms with Crippen LogP contribution >= 0.6 is 0 Å². The van der Waals surface area contributed by atoms with Crippen molar-refractivity contribution >= 4 is 17.6 Å². The number of carboxylic acid groups (broad SMARTS) is 1. The van der Waals surface area contributed by atoms with Crippen molar-refractivity contribution in [2.45, 2.75) is 32.7 Å². The zero-order valence-corrected chi connectivity index (χ0v) is 12.5. The Morgan fingerprint density at radius 1 is 1.43 bits per heavy atom. The zero-order chi connectivity index (χ0) is 15.4. The number of hydrogen-bond donors (Lipinski definition) is 2. The molecule has 0 aromatic heterocycles. The number of rotatable bonds is 5. The molecule has 1 aliphatic rings. The predicted octanol–water partition coefficient (Wildman–Crippen LogP) is 1.66.